The minimum Gasteiger partial charge on any atom is -0.481 e. The number of carboxylic acid groups (broad SMARTS) is 1. The van der Waals surface area contributed by atoms with Crippen LogP contribution in [0.15, 0.2) is 0 Å². The van der Waals surface area contributed by atoms with Crippen LogP contribution in [0.1, 0.15) is 103 Å². The fraction of sp³-hybridized carbons (Fsp3) is 0.947. The molecule has 0 saturated carbocycles. The van der Waals surface area contributed by atoms with Gasteiger partial charge in [-0.05, 0) is 25.7 Å². The summed E-state index contributed by atoms with van der Waals surface area (Å²) in [7, 11) is 0. The molecule has 0 rings (SSSR count). The van der Waals surface area contributed by atoms with Crippen molar-refractivity contribution in [3.05, 3.63) is 0 Å². The highest BCUT2D eigenvalue weighted by Gasteiger charge is 2.04. The van der Waals surface area contributed by atoms with E-state index in [2.05, 4.69) is 0 Å². The van der Waals surface area contributed by atoms with Crippen molar-refractivity contribution in [3.63, 3.8) is 0 Å². The number of unbranched alkanes of at least 4 members (excludes halogenated alkanes) is 11. The average molecular weight is 331 g/mol. The van der Waals surface area contributed by atoms with Crippen molar-refractivity contribution in [2.24, 2.45) is 0 Å². The van der Waals surface area contributed by atoms with E-state index >= 15 is 0 Å². The smallest absolute Gasteiger partial charge is 0.303 e. The van der Waals surface area contributed by atoms with Crippen LogP contribution in [-0.2, 0) is 4.79 Å². The van der Waals surface area contributed by atoms with Crippen LogP contribution in [0.2, 0.25) is 0 Å². The molecule has 0 fully saturated rings. The molecule has 1 atom stereocenters. The first kappa shape index (κ1) is 22.4. The van der Waals surface area contributed by atoms with Crippen molar-refractivity contribution in [2.75, 3.05) is 6.61 Å². The van der Waals surface area contributed by atoms with E-state index in [0.29, 0.717) is 6.61 Å². The van der Waals surface area contributed by atoms with E-state index in [1.807, 2.05) is 0 Å². The molecule has 0 bridgehead atoms. The van der Waals surface area contributed by atoms with Crippen molar-refractivity contribution in [3.8, 4) is 0 Å². The molecule has 4 heteroatoms. The normalized spacial score (nSPS) is 12.4. The molecule has 138 valence electrons. The molecule has 0 aromatic carbocycles. The summed E-state index contributed by atoms with van der Waals surface area (Å²) in [6.45, 7) is 0.324. The van der Waals surface area contributed by atoms with Gasteiger partial charge in [0.25, 0.3) is 0 Å². The van der Waals surface area contributed by atoms with Gasteiger partial charge in [-0.25, -0.2) is 0 Å². The fourth-order valence-corrected chi connectivity index (χ4v) is 2.88. The van der Waals surface area contributed by atoms with Gasteiger partial charge in [-0.3, -0.25) is 4.79 Å². The summed E-state index contributed by atoms with van der Waals surface area (Å²) >= 11 is 0. The number of carbonyl (C=O) groups is 1. The molecule has 0 aliphatic rings. The number of rotatable bonds is 18. The Kier molecular flexibility index (Phi) is 17.3. The summed E-state index contributed by atoms with van der Waals surface area (Å²) in [6.07, 6.45) is 16.4. The third kappa shape index (κ3) is 19.3. The molecule has 0 aromatic heterocycles. The Morgan fingerprint density at radius 1 is 0.652 bits per heavy atom. The Morgan fingerprint density at radius 2 is 1.04 bits per heavy atom. The summed E-state index contributed by atoms with van der Waals surface area (Å²) in [4.78, 5) is 10.4. The summed E-state index contributed by atoms with van der Waals surface area (Å²) in [6, 6.07) is 0. The zero-order valence-corrected chi connectivity index (χ0v) is 14.8. The lowest BCUT2D eigenvalue weighted by Crippen LogP contribution is -2.06. The predicted octanol–water partition coefficient (Wildman–Crippen LogP) is 4.67. The molecule has 1 unspecified atom stereocenters. The Balaban J connectivity index is 3.15. The van der Waals surface area contributed by atoms with Gasteiger partial charge in [0.2, 0.25) is 0 Å². The summed E-state index contributed by atoms with van der Waals surface area (Å²) in [5.41, 5.74) is 0. The van der Waals surface area contributed by atoms with Gasteiger partial charge in [0.15, 0.2) is 0 Å². The van der Waals surface area contributed by atoms with Gasteiger partial charge >= 0.3 is 5.97 Å². The zero-order chi connectivity index (χ0) is 17.2. The van der Waals surface area contributed by atoms with E-state index in [1.165, 1.54) is 38.5 Å². The van der Waals surface area contributed by atoms with Crippen molar-refractivity contribution in [2.45, 2.75) is 109 Å². The van der Waals surface area contributed by atoms with E-state index in [0.717, 1.165) is 57.8 Å². The lowest BCUT2D eigenvalue weighted by molar-refractivity contribution is -0.137. The maximum Gasteiger partial charge on any atom is 0.303 e. The first-order chi connectivity index (χ1) is 11.2. The second kappa shape index (κ2) is 17.7. The maximum atomic E-state index is 10.4. The molecule has 0 aliphatic heterocycles. The molecule has 23 heavy (non-hydrogen) atoms. The molecule has 3 N–H and O–H groups in total. The average Bonchev–Trinajstić information content (AvgIpc) is 2.52. The molecule has 0 saturated heterocycles. The van der Waals surface area contributed by atoms with Gasteiger partial charge in [-0.15, -0.1) is 0 Å². The van der Waals surface area contributed by atoms with Crippen LogP contribution >= 0.6 is 0 Å². The van der Waals surface area contributed by atoms with Crippen molar-refractivity contribution in [1.29, 1.82) is 0 Å². The zero-order valence-electron chi connectivity index (χ0n) is 14.8. The van der Waals surface area contributed by atoms with Crippen LogP contribution in [0.25, 0.3) is 0 Å². The second-order valence-corrected chi connectivity index (χ2v) is 6.69. The molecule has 0 spiro atoms. The number of aliphatic hydroxyl groups excluding tert-OH is 2. The Hall–Kier alpha value is -0.610. The highest BCUT2D eigenvalue weighted by molar-refractivity contribution is 5.66. The van der Waals surface area contributed by atoms with Crippen LogP contribution in [0.5, 0.6) is 0 Å². The van der Waals surface area contributed by atoms with Crippen molar-refractivity contribution >= 4 is 5.97 Å². The van der Waals surface area contributed by atoms with Crippen molar-refractivity contribution in [1.82, 2.24) is 0 Å². The summed E-state index contributed by atoms with van der Waals surface area (Å²) in [5, 5.41) is 27.1. The van der Waals surface area contributed by atoms with Crippen LogP contribution in [0.4, 0.5) is 0 Å². The predicted molar refractivity (Wildman–Crippen MR) is 94.6 cm³/mol. The topological polar surface area (TPSA) is 77.8 Å². The first-order valence-electron chi connectivity index (χ1n) is 9.67. The van der Waals surface area contributed by atoms with Crippen LogP contribution < -0.4 is 0 Å². The van der Waals surface area contributed by atoms with Gasteiger partial charge in [0.1, 0.15) is 0 Å². The van der Waals surface area contributed by atoms with Gasteiger partial charge in [0.05, 0.1) is 6.10 Å². The molecule has 0 aliphatic carbocycles. The highest BCUT2D eigenvalue weighted by atomic mass is 16.4. The summed E-state index contributed by atoms with van der Waals surface area (Å²) in [5.74, 6) is -0.713. The van der Waals surface area contributed by atoms with E-state index < -0.39 is 5.97 Å². The largest absolute Gasteiger partial charge is 0.481 e. The van der Waals surface area contributed by atoms with Crippen molar-refractivity contribution < 1.29 is 20.1 Å². The quantitative estimate of drug-likeness (QED) is 0.319. The van der Waals surface area contributed by atoms with Gasteiger partial charge in [-0.1, -0.05) is 70.6 Å². The molecule has 0 heterocycles. The lowest BCUT2D eigenvalue weighted by atomic mass is 10.0. The minimum absolute atomic E-state index is 0.173. The third-order valence-corrected chi connectivity index (χ3v) is 4.37. The number of aliphatic hydroxyl groups is 2. The van der Waals surface area contributed by atoms with E-state index in [-0.39, 0.29) is 12.5 Å². The van der Waals surface area contributed by atoms with E-state index in [4.69, 9.17) is 10.2 Å². The number of hydrogen-bond acceptors (Lipinski definition) is 3. The monoisotopic (exact) mass is 330 g/mol. The number of aliphatic carboxylic acids is 1. The van der Waals surface area contributed by atoms with Gasteiger partial charge in [0, 0.05) is 13.0 Å². The maximum absolute atomic E-state index is 10.4. The third-order valence-electron chi connectivity index (χ3n) is 4.37. The van der Waals surface area contributed by atoms with E-state index in [9.17, 15) is 9.90 Å². The van der Waals surface area contributed by atoms with E-state index in [1.54, 1.807) is 0 Å². The van der Waals surface area contributed by atoms with Gasteiger partial charge < -0.3 is 15.3 Å². The van der Waals surface area contributed by atoms with Gasteiger partial charge in [-0.2, -0.15) is 0 Å². The number of hydrogen-bond donors (Lipinski definition) is 3. The molecule has 0 amide bonds. The van der Waals surface area contributed by atoms with Crippen LogP contribution in [0.3, 0.4) is 0 Å². The first-order valence-corrected chi connectivity index (χ1v) is 9.67. The lowest BCUT2D eigenvalue weighted by Gasteiger charge is -2.10. The Morgan fingerprint density at radius 3 is 1.48 bits per heavy atom. The fourth-order valence-electron chi connectivity index (χ4n) is 2.88. The van der Waals surface area contributed by atoms with Crippen LogP contribution in [0, 0.1) is 0 Å². The highest BCUT2D eigenvalue weighted by Crippen LogP contribution is 2.14. The second-order valence-electron chi connectivity index (χ2n) is 6.69. The molecule has 0 radical (unpaired) electrons. The molecule has 0 aromatic rings. The summed E-state index contributed by atoms with van der Waals surface area (Å²) < 4.78 is 0. The molecular weight excluding hydrogens is 292 g/mol. The Bertz CT molecular complexity index is 256. The number of carboxylic acids is 1. The minimum atomic E-state index is -0.713. The molecular formula is C19H38O4. The molecule has 4 nitrogen and oxygen atoms in total. The standard InChI is InChI=1S/C19H38O4/c20-17-13-9-5-3-1-2-4-6-10-14-18(21)15-11-7-8-12-16-19(22)23/h18,20-21H,1-17H2,(H,22,23). The SMILES string of the molecule is O=C(O)CCCCCCC(O)CCCCCCCCCCCO. The Labute approximate surface area is 142 Å². The van der Waals surface area contributed by atoms with Crippen LogP contribution in [-0.4, -0.2) is 34.0 Å².